The summed E-state index contributed by atoms with van der Waals surface area (Å²) in [6.45, 7) is 2.04. The Kier molecular flexibility index (Phi) is 3.80. The van der Waals surface area contributed by atoms with Gasteiger partial charge in [-0.15, -0.1) is 0 Å². The van der Waals surface area contributed by atoms with Crippen molar-refractivity contribution in [3.8, 4) is 5.75 Å². The number of carbonyl (C=O) groups is 1. The molecule has 0 fully saturated rings. The predicted molar refractivity (Wildman–Crippen MR) is 73.4 cm³/mol. The van der Waals surface area contributed by atoms with Crippen molar-refractivity contribution >= 4 is 21.5 Å². The molecule has 0 unspecified atom stereocenters. The summed E-state index contributed by atoms with van der Waals surface area (Å²) in [6, 6.07) is 4.91. The standard InChI is InChI=1S/C13H17NO4S/c1-3-8-19(16,17)14-7-6-13(15)11-9-10(18-2)4-5-12(11)14/h4-5,9H,3,6-8H2,1-2H3. The van der Waals surface area contributed by atoms with Crippen molar-refractivity contribution in [3.63, 3.8) is 0 Å². The number of rotatable bonds is 4. The van der Waals surface area contributed by atoms with Crippen LogP contribution in [0.3, 0.4) is 0 Å². The van der Waals surface area contributed by atoms with Crippen molar-refractivity contribution in [2.75, 3.05) is 23.7 Å². The van der Waals surface area contributed by atoms with Crippen molar-refractivity contribution in [1.82, 2.24) is 0 Å². The molecule has 6 heteroatoms. The van der Waals surface area contributed by atoms with Gasteiger partial charge in [-0.2, -0.15) is 0 Å². The third kappa shape index (κ3) is 2.58. The molecular weight excluding hydrogens is 266 g/mol. The molecular formula is C13H17NO4S. The van der Waals surface area contributed by atoms with Gasteiger partial charge in [0, 0.05) is 18.5 Å². The highest BCUT2D eigenvalue weighted by Gasteiger charge is 2.30. The van der Waals surface area contributed by atoms with E-state index >= 15 is 0 Å². The van der Waals surface area contributed by atoms with Gasteiger partial charge in [-0.05, 0) is 24.6 Å². The van der Waals surface area contributed by atoms with E-state index in [-0.39, 0.29) is 24.5 Å². The molecule has 0 aliphatic carbocycles. The van der Waals surface area contributed by atoms with Gasteiger partial charge in [-0.25, -0.2) is 8.42 Å². The summed E-state index contributed by atoms with van der Waals surface area (Å²) >= 11 is 0. The molecule has 0 bridgehead atoms. The summed E-state index contributed by atoms with van der Waals surface area (Å²) in [5.74, 6) is 0.603. The topological polar surface area (TPSA) is 63.7 Å². The van der Waals surface area contributed by atoms with Crippen LogP contribution in [0.5, 0.6) is 5.75 Å². The zero-order chi connectivity index (χ0) is 14.0. The van der Waals surface area contributed by atoms with Crippen LogP contribution in [0.2, 0.25) is 0 Å². The fourth-order valence-electron chi connectivity index (χ4n) is 2.20. The molecule has 5 nitrogen and oxygen atoms in total. The van der Waals surface area contributed by atoms with Crippen LogP contribution in [-0.2, 0) is 10.0 Å². The largest absolute Gasteiger partial charge is 0.497 e. The monoisotopic (exact) mass is 283 g/mol. The number of carbonyl (C=O) groups excluding carboxylic acids is 1. The highest BCUT2D eigenvalue weighted by Crippen LogP contribution is 2.32. The van der Waals surface area contributed by atoms with E-state index in [9.17, 15) is 13.2 Å². The first-order valence-corrected chi connectivity index (χ1v) is 7.82. The second-order valence-corrected chi connectivity index (χ2v) is 6.46. The van der Waals surface area contributed by atoms with E-state index in [4.69, 9.17) is 4.74 Å². The Labute approximate surface area is 113 Å². The van der Waals surface area contributed by atoms with E-state index in [1.165, 1.54) is 11.4 Å². The minimum atomic E-state index is -3.35. The first-order valence-electron chi connectivity index (χ1n) is 6.21. The SMILES string of the molecule is CCCS(=O)(=O)N1CCC(=O)c2cc(OC)ccc21. The summed E-state index contributed by atoms with van der Waals surface area (Å²) in [5, 5.41) is 0. The normalized spacial score (nSPS) is 15.3. The molecule has 0 saturated heterocycles. The number of fused-ring (bicyclic) bond motifs is 1. The van der Waals surface area contributed by atoms with Crippen LogP contribution in [0, 0.1) is 0 Å². The molecule has 19 heavy (non-hydrogen) atoms. The second-order valence-electron chi connectivity index (χ2n) is 4.44. The van der Waals surface area contributed by atoms with Gasteiger partial charge in [-0.1, -0.05) is 6.92 Å². The lowest BCUT2D eigenvalue weighted by molar-refractivity contribution is 0.0981. The van der Waals surface area contributed by atoms with Gasteiger partial charge in [0.1, 0.15) is 5.75 Å². The fraction of sp³-hybridized carbons (Fsp3) is 0.462. The number of Topliss-reactive ketones (excluding diaryl/α,β-unsaturated/α-hetero) is 1. The highest BCUT2D eigenvalue weighted by atomic mass is 32.2. The first-order chi connectivity index (χ1) is 8.99. The van der Waals surface area contributed by atoms with Crippen LogP contribution in [0.25, 0.3) is 0 Å². The Hall–Kier alpha value is -1.56. The smallest absolute Gasteiger partial charge is 0.235 e. The molecule has 1 aromatic rings. The minimum absolute atomic E-state index is 0.0446. The van der Waals surface area contributed by atoms with E-state index in [1.807, 2.05) is 6.92 Å². The summed E-state index contributed by atoms with van der Waals surface area (Å²) in [6.07, 6.45) is 0.765. The molecule has 104 valence electrons. The van der Waals surface area contributed by atoms with E-state index in [1.54, 1.807) is 18.2 Å². The van der Waals surface area contributed by atoms with Gasteiger partial charge in [0.15, 0.2) is 5.78 Å². The van der Waals surface area contributed by atoms with E-state index < -0.39 is 10.0 Å². The van der Waals surface area contributed by atoms with Crippen LogP contribution in [0.4, 0.5) is 5.69 Å². The van der Waals surface area contributed by atoms with Crippen LogP contribution in [-0.4, -0.2) is 33.6 Å². The van der Waals surface area contributed by atoms with Crippen molar-refractivity contribution in [1.29, 1.82) is 0 Å². The maximum absolute atomic E-state index is 12.2. The Bertz CT molecular complexity index is 595. The number of hydrogen-bond acceptors (Lipinski definition) is 4. The lowest BCUT2D eigenvalue weighted by Gasteiger charge is -2.29. The molecule has 1 aromatic carbocycles. The Morgan fingerprint density at radius 1 is 1.37 bits per heavy atom. The maximum Gasteiger partial charge on any atom is 0.235 e. The van der Waals surface area contributed by atoms with E-state index in [2.05, 4.69) is 0 Å². The zero-order valence-corrected chi connectivity index (χ0v) is 11.9. The van der Waals surface area contributed by atoms with Gasteiger partial charge in [0.25, 0.3) is 0 Å². The predicted octanol–water partition coefficient (Wildman–Crippen LogP) is 1.83. The molecule has 0 amide bonds. The zero-order valence-electron chi connectivity index (χ0n) is 11.0. The molecule has 0 spiro atoms. The number of sulfonamides is 1. The van der Waals surface area contributed by atoms with Gasteiger partial charge >= 0.3 is 0 Å². The maximum atomic E-state index is 12.2. The van der Waals surface area contributed by atoms with Crippen molar-refractivity contribution in [3.05, 3.63) is 23.8 Å². The number of methoxy groups -OCH3 is 1. The Morgan fingerprint density at radius 3 is 2.74 bits per heavy atom. The number of ether oxygens (including phenoxy) is 1. The third-order valence-corrected chi connectivity index (χ3v) is 5.09. The van der Waals surface area contributed by atoms with Crippen LogP contribution >= 0.6 is 0 Å². The van der Waals surface area contributed by atoms with Crippen molar-refractivity contribution in [2.45, 2.75) is 19.8 Å². The Balaban J connectivity index is 2.49. The van der Waals surface area contributed by atoms with E-state index in [0.717, 1.165) is 0 Å². The van der Waals surface area contributed by atoms with Crippen molar-refractivity contribution < 1.29 is 17.9 Å². The second kappa shape index (κ2) is 5.21. The van der Waals surface area contributed by atoms with Crippen LogP contribution in [0.15, 0.2) is 18.2 Å². The quantitative estimate of drug-likeness (QED) is 0.845. The number of benzene rings is 1. The van der Waals surface area contributed by atoms with Gasteiger partial charge in [-0.3, -0.25) is 9.10 Å². The van der Waals surface area contributed by atoms with Crippen molar-refractivity contribution in [2.24, 2.45) is 0 Å². The fourth-order valence-corrected chi connectivity index (χ4v) is 3.76. The molecule has 0 saturated carbocycles. The third-order valence-electron chi connectivity index (χ3n) is 3.11. The molecule has 2 rings (SSSR count). The summed E-state index contributed by atoms with van der Waals surface area (Å²) in [4.78, 5) is 11.9. The Morgan fingerprint density at radius 2 is 2.11 bits per heavy atom. The lowest BCUT2D eigenvalue weighted by Crippen LogP contribution is -2.38. The summed E-state index contributed by atoms with van der Waals surface area (Å²) in [7, 11) is -1.84. The van der Waals surface area contributed by atoms with Gasteiger partial charge in [0.05, 0.1) is 18.6 Å². The average Bonchev–Trinajstić information content (AvgIpc) is 2.38. The van der Waals surface area contributed by atoms with E-state index in [0.29, 0.717) is 23.4 Å². The molecule has 0 N–H and O–H groups in total. The first kappa shape index (κ1) is 13.9. The number of ketones is 1. The molecule has 0 radical (unpaired) electrons. The number of nitrogens with zero attached hydrogens (tertiary/aromatic N) is 1. The average molecular weight is 283 g/mol. The minimum Gasteiger partial charge on any atom is -0.497 e. The number of anilines is 1. The highest BCUT2D eigenvalue weighted by molar-refractivity contribution is 7.92. The molecule has 0 atom stereocenters. The van der Waals surface area contributed by atoms with Gasteiger partial charge in [0.2, 0.25) is 10.0 Å². The van der Waals surface area contributed by atoms with Gasteiger partial charge < -0.3 is 4.74 Å². The summed E-state index contributed by atoms with van der Waals surface area (Å²) < 4.78 is 30.8. The lowest BCUT2D eigenvalue weighted by atomic mass is 10.0. The summed E-state index contributed by atoms with van der Waals surface area (Å²) in [5.41, 5.74) is 0.885. The molecule has 1 aliphatic heterocycles. The van der Waals surface area contributed by atoms with Crippen LogP contribution in [0.1, 0.15) is 30.1 Å². The molecule has 1 heterocycles. The van der Waals surface area contributed by atoms with Crippen LogP contribution < -0.4 is 9.04 Å². The number of hydrogen-bond donors (Lipinski definition) is 0. The molecule has 1 aliphatic rings. The molecule has 0 aromatic heterocycles.